The maximum absolute atomic E-state index is 9.83. The third-order valence-electron chi connectivity index (χ3n) is 2.90. The van der Waals surface area contributed by atoms with Crippen LogP contribution < -0.4 is 0 Å². The van der Waals surface area contributed by atoms with Gasteiger partial charge in [0.1, 0.15) is 0 Å². The summed E-state index contributed by atoms with van der Waals surface area (Å²) in [6.07, 6.45) is 1.34. The number of rotatable bonds is 2. The predicted octanol–water partition coefficient (Wildman–Crippen LogP) is 2.92. The second kappa shape index (κ2) is 4.95. The summed E-state index contributed by atoms with van der Waals surface area (Å²) >= 11 is 1.67. The molecule has 16 heavy (non-hydrogen) atoms. The summed E-state index contributed by atoms with van der Waals surface area (Å²) in [6.45, 7) is 4.22. The van der Waals surface area contributed by atoms with Crippen molar-refractivity contribution < 1.29 is 5.11 Å². The Morgan fingerprint density at radius 1 is 1.31 bits per heavy atom. The number of thioether (sulfide) groups is 1. The molecular formula is C14H16OS. The van der Waals surface area contributed by atoms with Gasteiger partial charge < -0.3 is 5.11 Å². The summed E-state index contributed by atoms with van der Waals surface area (Å²) < 4.78 is 0. The number of hydrogen-bond acceptors (Lipinski definition) is 2. The lowest BCUT2D eigenvalue weighted by atomic mass is 10.1. The van der Waals surface area contributed by atoms with Crippen LogP contribution in [0.5, 0.6) is 0 Å². The van der Waals surface area contributed by atoms with Gasteiger partial charge in [-0.25, -0.2) is 0 Å². The van der Waals surface area contributed by atoms with E-state index in [1.807, 2.05) is 0 Å². The predicted molar refractivity (Wildman–Crippen MR) is 68.6 cm³/mol. The maximum atomic E-state index is 9.83. The van der Waals surface area contributed by atoms with Crippen LogP contribution in [0.1, 0.15) is 24.0 Å². The van der Waals surface area contributed by atoms with E-state index >= 15 is 0 Å². The molecule has 0 radical (unpaired) electrons. The molecule has 2 heteroatoms. The minimum Gasteiger partial charge on any atom is -0.391 e. The Hall–Kier alpha value is -0.910. The number of aliphatic hydroxyl groups is 1. The highest BCUT2D eigenvalue weighted by Gasteiger charge is 2.20. The molecule has 0 aliphatic heterocycles. The van der Waals surface area contributed by atoms with Gasteiger partial charge in [-0.1, -0.05) is 12.0 Å². The minimum absolute atomic E-state index is 0.0378. The summed E-state index contributed by atoms with van der Waals surface area (Å²) in [5, 5.41) is 9.87. The van der Waals surface area contributed by atoms with E-state index < -0.39 is 0 Å². The molecule has 0 spiro atoms. The van der Waals surface area contributed by atoms with Gasteiger partial charge in [0.15, 0.2) is 0 Å². The molecule has 1 aromatic carbocycles. The molecule has 0 aromatic heterocycles. The van der Waals surface area contributed by atoms with Crippen LogP contribution in [0.15, 0.2) is 23.1 Å². The molecule has 1 N–H and O–H groups in total. The first-order valence-corrected chi connectivity index (χ1v) is 6.45. The Kier molecular flexibility index (Phi) is 3.58. The van der Waals surface area contributed by atoms with Crippen LogP contribution in [-0.4, -0.2) is 16.5 Å². The van der Waals surface area contributed by atoms with Crippen LogP contribution in [0.2, 0.25) is 0 Å². The van der Waals surface area contributed by atoms with Gasteiger partial charge >= 0.3 is 0 Å². The van der Waals surface area contributed by atoms with Crippen molar-refractivity contribution in [2.45, 2.75) is 42.9 Å². The minimum atomic E-state index is -0.284. The molecule has 0 saturated heterocycles. The lowest BCUT2D eigenvalue weighted by Crippen LogP contribution is -2.23. The van der Waals surface area contributed by atoms with Gasteiger partial charge in [-0.2, -0.15) is 0 Å². The van der Waals surface area contributed by atoms with E-state index in [-0.39, 0.29) is 11.4 Å². The zero-order chi connectivity index (χ0) is 11.5. The first kappa shape index (κ1) is 11.6. The number of benzene rings is 1. The Morgan fingerprint density at radius 2 is 2.12 bits per heavy atom. The molecule has 0 saturated carbocycles. The summed E-state index contributed by atoms with van der Waals surface area (Å²) in [5.74, 6) is 6.20. The summed E-state index contributed by atoms with van der Waals surface area (Å²) in [7, 11) is 0. The highest BCUT2D eigenvalue weighted by Crippen LogP contribution is 2.29. The van der Waals surface area contributed by atoms with Crippen molar-refractivity contribution in [1.82, 2.24) is 0 Å². The van der Waals surface area contributed by atoms with Gasteiger partial charge in [0.05, 0.1) is 11.4 Å². The van der Waals surface area contributed by atoms with Gasteiger partial charge in [0.25, 0.3) is 0 Å². The van der Waals surface area contributed by atoms with Crippen molar-refractivity contribution in [3.63, 3.8) is 0 Å². The van der Waals surface area contributed by atoms with Crippen LogP contribution in [0, 0.1) is 25.7 Å². The van der Waals surface area contributed by atoms with Crippen molar-refractivity contribution in [3.05, 3.63) is 29.3 Å². The summed E-state index contributed by atoms with van der Waals surface area (Å²) in [6, 6.07) is 6.40. The fourth-order valence-corrected chi connectivity index (χ4v) is 2.80. The van der Waals surface area contributed by atoms with E-state index in [4.69, 9.17) is 0 Å². The SMILES string of the molecule is Cc1ccc(S[C@@H]2C#CCC[C@H]2O)cc1C. The molecule has 0 unspecified atom stereocenters. The third-order valence-corrected chi connectivity index (χ3v) is 4.11. The van der Waals surface area contributed by atoms with E-state index in [9.17, 15) is 5.11 Å². The lowest BCUT2D eigenvalue weighted by molar-refractivity contribution is 0.174. The molecule has 0 bridgehead atoms. The second-order valence-electron chi connectivity index (χ2n) is 4.21. The van der Waals surface area contributed by atoms with Crippen molar-refractivity contribution in [2.75, 3.05) is 0 Å². The average molecular weight is 232 g/mol. The highest BCUT2D eigenvalue weighted by molar-refractivity contribution is 8.00. The van der Waals surface area contributed by atoms with Crippen molar-refractivity contribution in [1.29, 1.82) is 0 Å². The topological polar surface area (TPSA) is 20.2 Å². The van der Waals surface area contributed by atoms with Crippen LogP contribution in [0.4, 0.5) is 0 Å². The highest BCUT2D eigenvalue weighted by atomic mass is 32.2. The number of hydrogen-bond donors (Lipinski definition) is 1. The van der Waals surface area contributed by atoms with Crippen molar-refractivity contribution >= 4 is 11.8 Å². The Bertz CT molecular complexity index is 442. The molecule has 1 aliphatic rings. The standard InChI is InChI=1S/C14H16OS/c1-10-7-8-12(9-11(10)2)16-14-6-4-3-5-13(14)15/h7-9,13-15H,3,5H2,1-2H3/t13-,14-/m1/s1. The zero-order valence-corrected chi connectivity index (χ0v) is 10.5. The van der Waals surface area contributed by atoms with Crippen LogP contribution in [0.25, 0.3) is 0 Å². The maximum Gasteiger partial charge on any atom is 0.0962 e. The average Bonchev–Trinajstić information content (AvgIpc) is 2.27. The van der Waals surface area contributed by atoms with E-state index in [1.165, 1.54) is 16.0 Å². The quantitative estimate of drug-likeness (QED) is 0.791. The smallest absolute Gasteiger partial charge is 0.0962 e. The molecule has 0 fully saturated rings. The van der Waals surface area contributed by atoms with Crippen LogP contribution in [0.3, 0.4) is 0 Å². The first-order valence-electron chi connectivity index (χ1n) is 5.57. The van der Waals surface area contributed by atoms with Gasteiger partial charge in [-0.05, 0) is 43.5 Å². The zero-order valence-electron chi connectivity index (χ0n) is 9.66. The number of aryl methyl sites for hydroxylation is 2. The Labute approximate surface area is 101 Å². The monoisotopic (exact) mass is 232 g/mol. The van der Waals surface area contributed by atoms with E-state index in [2.05, 4.69) is 43.9 Å². The molecule has 2 rings (SSSR count). The molecule has 2 atom stereocenters. The third kappa shape index (κ3) is 2.61. The normalized spacial score (nSPS) is 23.7. The lowest BCUT2D eigenvalue weighted by Gasteiger charge is -2.19. The molecule has 84 valence electrons. The molecule has 1 nitrogen and oxygen atoms in total. The molecule has 0 amide bonds. The van der Waals surface area contributed by atoms with E-state index in [0.717, 1.165) is 12.8 Å². The Balaban J connectivity index is 2.13. The van der Waals surface area contributed by atoms with Gasteiger partial charge in [0, 0.05) is 11.3 Å². The molecular weight excluding hydrogens is 216 g/mol. The fraction of sp³-hybridized carbons (Fsp3) is 0.429. The second-order valence-corrected chi connectivity index (χ2v) is 5.43. The van der Waals surface area contributed by atoms with E-state index in [0.29, 0.717) is 0 Å². The Morgan fingerprint density at radius 3 is 2.81 bits per heavy atom. The van der Waals surface area contributed by atoms with Crippen LogP contribution >= 0.6 is 11.8 Å². The van der Waals surface area contributed by atoms with Crippen molar-refractivity contribution in [3.8, 4) is 11.8 Å². The van der Waals surface area contributed by atoms with Gasteiger partial charge in [0.2, 0.25) is 0 Å². The van der Waals surface area contributed by atoms with Gasteiger partial charge in [-0.15, -0.1) is 17.7 Å². The molecule has 0 heterocycles. The van der Waals surface area contributed by atoms with Gasteiger partial charge in [-0.3, -0.25) is 0 Å². The summed E-state index contributed by atoms with van der Waals surface area (Å²) in [4.78, 5) is 1.20. The fourth-order valence-electron chi connectivity index (χ4n) is 1.68. The van der Waals surface area contributed by atoms with E-state index in [1.54, 1.807) is 11.8 Å². The first-order chi connectivity index (χ1) is 7.66. The largest absolute Gasteiger partial charge is 0.391 e. The number of aliphatic hydroxyl groups excluding tert-OH is 1. The van der Waals surface area contributed by atoms with Crippen LogP contribution in [-0.2, 0) is 0 Å². The molecule has 1 aliphatic carbocycles. The summed E-state index contributed by atoms with van der Waals surface area (Å²) in [5.41, 5.74) is 2.60. The molecule has 1 aromatic rings. The van der Waals surface area contributed by atoms with Crippen molar-refractivity contribution in [2.24, 2.45) is 0 Å².